The SMILES string of the molecule is CCCCCCC/C=C\C/C=C\C/C=C\CCCCCCCCCCCCCCCCCCCCCCCCCCC(=O)OCC(COP(=O)(O)OCCN)OC(=O)CCCCCCCCCCCCCCCCCCCCCCCCCC/C=C\C/C=C\C/C=C\CCCCCCC. The topological polar surface area (TPSA) is 134 Å². The molecule has 0 bridgehead atoms. The third kappa shape index (κ3) is 84.3. The van der Waals surface area contributed by atoms with Crippen molar-refractivity contribution >= 4 is 19.8 Å². The number of esters is 2. The zero-order chi connectivity index (χ0) is 71.5. The van der Waals surface area contributed by atoms with Crippen molar-refractivity contribution in [2.45, 2.75) is 457 Å². The number of nitrogens with two attached hydrogens (primary N) is 1. The first-order valence-electron chi connectivity index (χ1n) is 43.4. The molecule has 0 saturated carbocycles. The lowest BCUT2D eigenvalue weighted by atomic mass is 10.0. The van der Waals surface area contributed by atoms with E-state index >= 15 is 0 Å². The Balaban J connectivity index is 3.73. The Kier molecular flexibility index (Phi) is 82.2. The van der Waals surface area contributed by atoms with E-state index in [-0.39, 0.29) is 38.6 Å². The summed E-state index contributed by atoms with van der Waals surface area (Å²) in [5.74, 6) is -0.802. The van der Waals surface area contributed by atoms with Crippen molar-refractivity contribution in [2.75, 3.05) is 26.4 Å². The molecule has 0 spiro atoms. The molecule has 0 radical (unpaired) electrons. The third-order valence-corrected chi connectivity index (χ3v) is 20.5. The average Bonchev–Trinajstić information content (AvgIpc) is 1.52. The van der Waals surface area contributed by atoms with Crippen molar-refractivity contribution in [3.8, 4) is 0 Å². The molecule has 3 N–H and O–H groups in total. The van der Waals surface area contributed by atoms with Gasteiger partial charge in [-0.1, -0.05) is 421 Å². The van der Waals surface area contributed by atoms with E-state index in [9.17, 15) is 19.0 Å². The molecule has 0 heterocycles. The van der Waals surface area contributed by atoms with Crippen LogP contribution in [0.15, 0.2) is 72.9 Å². The predicted molar refractivity (Wildman–Crippen MR) is 432 cm³/mol. The number of phosphoric acid groups is 1. The quantitative estimate of drug-likeness (QED) is 0.0264. The molecular formula is C89H166NO8P. The molecule has 0 rings (SSSR count). The summed E-state index contributed by atoms with van der Waals surface area (Å²) in [4.78, 5) is 35.5. The second kappa shape index (κ2) is 84.4. The smallest absolute Gasteiger partial charge is 0.462 e. The van der Waals surface area contributed by atoms with Crippen molar-refractivity contribution in [2.24, 2.45) is 5.73 Å². The highest BCUT2D eigenvalue weighted by Gasteiger charge is 2.26. The molecule has 0 aromatic heterocycles. The van der Waals surface area contributed by atoms with Gasteiger partial charge >= 0.3 is 19.8 Å². The van der Waals surface area contributed by atoms with E-state index in [1.54, 1.807) is 0 Å². The first kappa shape index (κ1) is 96.4. The summed E-state index contributed by atoms with van der Waals surface area (Å²) in [5.41, 5.74) is 5.42. The Bertz CT molecular complexity index is 1860. The molecule has 0 saturated heterocycles. The van der Waals surface area contributed by atoms with Gasteiger partial charge < -0.3 is 20.1 Å². The number of carbonyl (C=O) groups excluding carboxylic acids is 2. The number of carbonyl (C=O) groups is 2. The zero-order valence-electron chi connectivity index (χ0n) is 65.7. The maximum atomic E-state index is 12.8. The van der Waals surface area contributed by atoms with Gasteiger partial charge in [0, 0.05) is 19.4 Å². The summed E-state index contributed by atoms with van der Waals surface area (Å²) in [6.07, 6.45) is 114. The Labute approximate surface area is 615 Å². The van der Waals surface area contributed by atoms with Crippen LogP contribution in [0.3, 0.4) is 0 Å². The number of phosphoric ester groups is 1. The highest BCUT2D eigenvalue weighted by Crippen LogP contribution is 2.43. The van der Waals surface area contributed by atoms with Gasteiger partial charge in [-0.25, -0.2) is 4.57 Å². The van der Waals surface area contributed by atoms with Crippen LogP contribution in [0, 0.1) is 0 Å². The monoisotopic (exact) mass is 1410 g/mol. The van der Waals surface area contributed by atoms with Gasteiger partial charge in [-0.15, -0.1) is 0 Å². The van der Waals surface area contributed by atoms with E-state index in [4.69, 9.17) is 24.3 Å². The molecule has 580 valence electrons. The molecule has 0 fully saturated rings. The Morgan fingerprint density at radius 2 is 0.525 bits per heavy atom. The summed E-state index contributed by atoms with van der Waals surface area (Å²) in [6.45, 7) is 3.80. The van der Waals surface area contributed by atoms with Crippen molar-refractivity contribution in [1.29, 1.82) is 0 Å². The van der Waals surface area contributed by atoms with Crippen LogP contribution >= 0.6 is 7.82 Å². The van der Waals surface area contributed by atoms with Crippen LogP contribution in [0.2, 0.25) is 0 Å². The standard InChI is InChI=1S/C89H166NO8P/c1-3-5-7-9-11-13-15-17-19-21-23-25-27-29-31-33-35-37-39-41-43-45-47-49-51-53-55-57-59-61-63-65-67-69-71-73-75-77-79-81-88(91)95-85-87(86-97-99(93,94)96-84-83-90)98-89(92)82-80-78-76-74-72-70-68-66-64-62-60-58-56-54-52-50-48-46-44-42-40-38-36-34-32-30-28-26-24-22-20-18-16-14-12-10-8-6-4-2/h15-18,21-24,27-30,87H,3-14,19-20,25-26,31-86,90H2,1-2H3,(H,93,94)/b17-15-,18-16-,23-21-,24-22-,29-27-,30-28-. The average molecular weight is 1410 g/mol. The summed E-state index contributed by atoms with van der Waals surface area (Å²) in [7, 11) is -4.40. The van der Waals surface area contributed by atoms with Gasteiger partial charge in [-0.3, -0.25) is 18.6 Å². The fourth-order valence-electron chi connectivity index (χ4n) is 13.1. The van der Waals surface area contributed by atoms with Crippen LogP contribution in [0.4, 0.5) is 0 Å². The van der Waals surface area contributed by atoms with Gasteiger partial charge in [0.2, 0.25) is 0 Å². The maximum Gasteiger partial charge on any atom is 0.472 e. The molecule has 9 nitrogen and oxygen atoms in total. The van der Waals surface area contributed by atoms with Crippen LogP contribution in [-0.4, -0.2) is 49.3 Å². The van der Waals surface area contributed by atoms with E-state index in [1.807, 2.05) is 0 Å². The molecule has 0 aromatic carbocycles. The Morgan fingerprint density at radius 1 is 0.303 bits per heavy atom. The summed E-state index contributed by atoms with van der Waals surface area (Å²) in [5, 5.41) is 0. The number of rotatable bonds is 83. The number of hydrogen-bond acceptors (Lipinski definition) is 8. The highest BCUT2D eigenvalue weighted by molar-refractivity contribution is 7.47. The minimum absolute atomic E-state index is 0.0553. The minimum atomic E-state index is -4.40. The molecule has 0 aliphatic heterocycles. The minimum Gasteiger partial charge on any atom is -0.462 e. The van der Waals surface area contributed by atoms with Crippen LogP contribution < -0.4 is 5.73 Å². The van der Waals surface area contributed by atoms with Crippen LogP contribution in [0.1, 0.15) is 450 Å². The normalized spacial score (nSPS) is 13.1. The lowest BCUT2D eigenvalue weighted by Gasteiger charge is -2.19. The lowest BCUT2D eigenvalue weighted by Crippen LogP contribution is -2.29. The van der Waals surface area contributed by atoms with E-state index in [0.29, 0.717) is 6.42 Å². The van der Waals surface area contributed by atoms with Gasteiger partial charge in [-0.05, 0) is 89.9 Å². The summed E-state index contributed by atoms with van der Waals surface area (Å²) >= 11 is 0. The molecule has 0 amide bonds. The van der Waals surface area contributed by atoms with Gasteiger partial charge in [0.1, 0.15) is 6.61 Å². The number of allylic oxidation sites excluding steroid dienone is 12. The van der Waals surface area contributed by atoms with Crippen molar-refractivity contribution in [3.05, 3.63) is 72.9 Å². The summed E-state index contributed by atoms with van der Waals surface area (Å²) < 4.78 is 33.3. The molecule has 99 heavy (non-hydrogen) atoms. The van der Waals surface area contributed by atoms with Crippen LogP contribution in [0.5, 0.6) is 0 Å². The Morgan fingerprint density at radius 3 is 0.778 bits per heavy atom. The lowest BCUT2D eigenvalue weighted by molar-refractivity contribution is -0.161. The van der Waals surface area contributed by atoms with E-state index < -0.39 is 26.5 Å². The largest absolute Gasteiger partial charge is 0.472 e. The maximum absolute atomic E-state index is 12.8. The second-order valence-electron chi connectivity index (χ2n) is 29.4. The zero-order valence-corrected chi connectivity index (χ0v) is 66.6. The number of unbranched alkanes of at least 4 members (excludes halogenated alkanes) is 58. The second-order valence-corrected chi connectivity index (χ2v) is 30.9. The van der Waals surface area contributed by atoms with E-state index in [1.165, 1.54) is 360 Å². The fourth-order valence-corrected chi connectivity index (χ4v) is 13.9. The highest BCUT2D eigenvalue weighted by atomic mass is 31.2. The fraction of sp³-hybridized carbons (Fsp3) is 0.843. The predicted octanol–water partition coefficient (Wildman–Crippen LogP) is 29.4. The summed E-state index contributed by atoms with van der Waals surface area (Å²) in [6, 6.07) is 0. The number of ether oxygens (including phenoxy) is 2. The first-order chi connectivity index (χ1) is 48.8. The third-order valence-electron chi connectivity index (χ3n) is 19.6. The van der Waals surface area contributed by atoms with Crippen molar-refractivity contribution < 1.29 is 37.6 Å². The molecular weight excluding hydrogens is 1240 g/mol. The van der Waals surface area contributed by atoms with Gasteiger partial charge in [0.15, 0.2) is 6.10 Å². The van der Waals surface area contributed by atoms with Crippen LogP contribution in [0.25, 0.3) is 0 Å². The van der Waals surface area contributed by atoms with E-state index in [0.717, 1.165) is 57.8 Å². The molecule has 10 heteroatoms. The number of hydrogen-bond donors (Lipinski definition) is 2. The molecule has 0 aliphatic rings. The van der Waals surface area contributed by atoms with E-state index in [2.05, 4.69) is 86.8 Å². The van der Waals surface area contributed by atoms with Crippen molar-refractivity contribution in [3.63, 3.8) is 0 Å². The molecule has 2 atom stereocenters. The first-order valence-corrected chi connectivity index (χ1v) is 44.9. The van der Waals surface area contributed by atoms with Crippen molar-refractivity contribution in [1.82, 2.24) is 0 Å². The van der Waals surface area contributed by atoms with Gasteiger partial charge in [0.05, 0.1) is 13.2 Å². The van der Waals surface area contributed by atoms with Gasteiger partial charge in [0.25, 0.3) is 0 Å². The molecule has 2 unspecified atom stereocenters. The Hall–Kier alpha value is -2.55. The van der Waals surface area contributed by atoms with Crippen LogP contribution in [-0.2, 0) is 32.7 Å². The molecule has 0 aromatic rings. The van der Waals surface area contributed by atoms with Gasteiger partial charge in [-0.2, -0.15) is 0 Å². The molecule has 0 aliphatic carbocycles.